The fourth-order valence-electron chi connectivity index (χ4n) is 1.45. The Bertz CT molecular complexity index is 488. The van der Waals surface area contributed by atoms with Gasteiger partial charge in [-0.2, -0.15) is 0 Å². The SMILES string of the molecule is CCC(C)N(C)C(=O)Nc1ccc(C(=O)O)cc1O. The number of aromatic carboxylic acids is 1. The van der Waals surface area contributed by atoms with Gasteiger partial charge in [-0.1, -0.05) is 6.92 Å². The second-order valence-corrected chi connectivity index (χ2v) is 4.34. The molecule has 1 aromatic carbocycles. The fourth-order valence-corrected chi connectivity index (χ4v) is 1.45. The average molecular weight is 266 g/mol. The minimum absolute atomic E-state index is 0.0363. The summed E-state index contributed by atoms with van der Waals surface area (Å²) in [4.78, 5) is 24.1. The number of anilines is 1. The van der Waals surface area contributed by atoms with Gasteiger partial charge >= 0.3 is 12.0 Å². The number of urea groups is 1. The summed E-state index contributed by atoms with van der Waals surface area (Å²) in [5.41, 5.74) is 0.149. The molecule has 0 aliphatic heterocycles. The third kappa shape index (κ3) is 3.61. The highest BCUT2D eigenvalue weighted by molar-refractivity contribution is 5.93. The monoisotopic (exact) mass is 266 g/mol. The molecule has 0 radical (unpaired) electrons. The van der Waals surface area contributed by atoms with Crippen LogP contribution in [0.1, 0.15) is 30.6 Å². The van der Waals surface area contributed by atoms with Gasteiger partial charge in [0.1, 0.15) is 5.75 Å². The van der Waals surface area contributed by atoms with Crippen LogP contribution >= 0.6 is 0 Å². The number of carboxylic acids is 1. The van der Waals surface area contributed by atoms with Gasteiger partial charge in [-0.25, -0.2) is 9.59 Å². The van der Waals surface area contributed by atoms with E-state index in [2.05, 4.69) is 5.32 Å². The number of nitrogens with one attached hydrogen (secondary N) is 1. The first-order valence-corrected chi connectivity index (χ1v) is 5.97. The van der Waals surface area contributed by atoms with Gasteiger partial charge in [-0.05, 0) is 31.5 Å². The van der Waals surface area contributed by atoms with Crippen LogP contribution in [0.4, 0.5) is 10.5 Å². The van der Waals surface area contributed by atoms with E-state index in [4.69, 9.17) is 5.11 Å². The molecule has 1 atom stereocenters. The van der Waals surface area contributed by atoms with Crippen LogP contribution in [-0.4, -0.2) is 40.2 Å². The van der Waals surface area contributed by atoms with E-state index in [1.807, 2.05) is 13.8 Å². The molecule has 3 N–H and O–H groups in total. The van der Waals surface area contributed by atoms with Crippen LogP contribution < -0.4 is 5.32 Å². The summed E-state index contributed by atoms with van der Waals surface area (Å²) < 4.78 is 0. The van der Waals surface area contributed by atoms with E-state index in [0.717, 1.165) is 12.5 Å². The summed E-state index contributed by atoms with van der Waals surface area (Å²) in [5, 5.41) is 21.0. The molecule has 0 fully saturated rings. The van der Waals surface area contributed by atoms with E-state index in [-0.39, 0.29) is 29.1 Å². The molecule has 0 aliphatic rings. The van der Waals surface area contributed by atoms with Crippen molar-refractivity contribution in [2.75, 3.05) is 12.4 Å². The van der Waals surface area contributed by atoms with Crippen molar-refractivity contribution < 1.29 is 19.8 Å². The standard InChI is InChI=1S/C13H18N2O4/c1-4-8(2)15(3)13(19)14-10-6-5-9(12(17)18)7-11(10)16/h5-8,16H,4H2,1-3H3,(H,14,19)(H,17,18). The number of phenols is 1. The second kappa shape index (κ2) is 6.08. The van der Waals surface area contributed by atoms with Gasteiger partial charge in [0.2, 0.25) is 0 Å². The van der Waals surface area contributed by atoms with E-state index < -0.39 is 5.97 Å². The number of carbonyl (C=O) groups excluding carboxylic acids is 1. The summed E-state index contributed by atoms with van der Waals surface area (Å²) in [6, 6.07) is 3.50. The van der Waals surface area contributed by atoms with Crippen molar-refractivity contribution in [2.24, 2.45) is 0 Å². The van der Waals surface area contributed by atoms with Crippen LogP contribution in [0.25, 0.3) is 0 Å². The zero-order chi connectivity index (χ0) is 14.6. The Morgan fingerprint density at radius 2 is 2.05 bits per heavy atom. The summed E-state index contributed by atoms with van der Waals surface area (Å²) in [6.07, 6.45) is 0.813. The number of benzene rings is 1. The molecule has 6 nitrogen and oxygen atoms in total. The Labute approximate surface area is 111 Å². The van der Waals surface area contributed by atoms with Crippen LogP contribution in [-0.2, 0) is 0 Å². The Morgan fingerprint density at radius 1 is 1.42 bits per heavy atom. The molecule has 0 saturated heterocycles. The molecule has 1 aromatic rings. The lowest BCUT2D eigenvalue weighted by Gasteiger charge is -2.24. The molecule has 0 bridgehead atoms. The number of nitrogens with zero attached hydrogens (tertiary/aromatic N) is 1. The van der Waals surface area contributed by atoms with Gasteiger partial charge < -0.3 is 20.4 Å². The van der Waals surface area contributed by atoms with Crippen LogP contribution in [0.3, 0.4) is 0 Å². The zero-order valence-corrected chi connectivity index (χ0v) is 11.2. The van der Waals surface area contributed by atoms with E-state index in [1.165, 1.54) is 17.0 Å². The van der Waals surface area contributed by atoms with Gasteiger partial charge in [-0.3, -0.25) is 0 Å². The van der Waals surface area contributed by atoms with Crippen molar-refractivity contribution in [3.8, 4) is 5.75 Å². The maximum atomic E-state index is 11.9. The summed E-state index contributed by atoms with van der Waals surface area (Å²) >= 11 is 0. The van der Waals surface area contributed by atoms with Gasteiger partial charge in [-0.15, -0.1) is 0 Å². The molecule has 104 valence electrons. The van der Waals surface area contributed by atoms with Crippen LogP contribution in [0.2, 0.25) is 0 Å². The van der Waals surface area contributed by atoms with Gasteiger partial charge in [0.15, 0.2) is 0 Å². The number of phenolic OH excluding ortho intramolecular Hbond substituents is 1. The van der Waals surface area contributed by atoms with Crippen LogP contribution in [0.15, 0.2) is 18.2 Å². The molecule has 0 saturated carbocycles. The highest BCUT2D eigenvalue weighted by Gasteiger charge is 2.16. The van der Waals surface area contributed by atoms with E-state index >= 15 is 0 Å². The van der Waals surface area contributed by atoms with Crippen molar-refractivity contribution in [2.45, 2.75) is 26.3 Å². The molecule has 2 amide bonds. The minimum Gasteiger partial charge on any atom is -0.506 e. The molecule has 0 aliphatic carbocycles. The van der Waals surface area contributed by atoms with Gasteiger partial charge in [0, 0.05) is 13.1 Å². The minimum atomic E-state index is -1.13. The van der Waals surface area contributed by atoms with E-state index in [1.54, 1.807) is 7.05 Å². The lowest BCUT2D eigenvalue weighted by atomic mass is 10.2. The van der Waals surface area contributed by atoms with Crippen molar-refractivity contribution in [1.29, 1.82) is 0 Å². The summed E-state index contributed by atoms with van der Waals surface area (Å²) in [5.74, 6) is -1.41. The van der Waals surface area contributed by atoms with E-state index in [0.29, 0.717) is 0 Å². The number of amides is 2. The first kappa shape index (κ1) is 14.8. The predicted octanol–water partition coefficient (Wildman–Crippen LogP) is 2.35. The van der Waals surface area contributed by atoms with Crippen LogP contribution in [0, 0.1) is 0 Å². The first-order valence-electron chi connectivity index (χ1n) is 5.97. The van der Waals surface area contributed by atoms with Crippen molar-refractivity contribution >= 4 is 17.7 Å². The largest absolute Gasteiger partial charge is 0.506 e. The highest BCUT2D eigenvalue weighted by Crippen LogP contribution is 2.24. The quantitative estimate of drug-likeness (QED) is 0.730. The molecular formula is C13H18N2O4. The molecule has 0 heterocycles. The number of rotatable bonds is 4. The number of aromatic hydroxyl groups is 1. The van der Waals surface area contributed by atoms with Crippen molar-refractivity contribution in [3.63, 3.8) is 0 Å². The molecule has 0 aromatic heterocycles. The third-order valence-corrected chi connectivity index (χ3v) is 3.06. The smallest absolute Gasteiger partial charge is 0.335 e. The second-order valence-electron chi connectivity index (χ2n) is 4.34. The molecule has 19 heavy (non-hydrogen) atoms. The predicted molar refractivity (Wildman–Crippen MR) is 71.6 cm³/mol. The zero-order valence-electron chi connectivity index (χ0n) is 11.2. The van der Waals surface area contributed by atoms with Crippen LogP contribution in [0.5, 0.6) is 5.75 Å². The maximum absolute atomic E-state index is 11.9. The lowest BCUT2D eigenvalue weighted by Crippen LogP contribution is -2.37. The first-order chi connectivity index (χ1) is 8.86. The van der Waals surface area contributed by atoms with E-state index in [9.17, 15) is 14.7 Å². The normalized spacial score (nSPS) is 11.7. The topological polar surface area (TPSA) is 89.9 Å². The third-order valence-electron chi connectivity index (χ3n) is 3.06. The average Bonchev–Trinajstić information content (AvgIpc) is 2.38. The molecular weight excluding hydrogens is 248 g/mol. The number of carboxylic acid groups (broad SMARTS) is 1. The van der Waals surface area contributed by atoms with Crippen molar-refractivity contribution in [1.82, 2.24) is 4.90 Å². The number of carbonyl (C=O) groups is 2. The fraction of sp³-hybridized carbons (Fsp3) is 0.385. The lowest BCUT2D eigenvalue weighted by molar-refractivity contribution is 0.0696. The molecule has 0 spiro atoms. The number of hydrogen-bond donors (Lipinski definition) is 3. The highest BCUT2D eigenvalue weighted by atomic mass is 16.4. The Kier molecular flexibility index (Phi) is 4.74. The summed E-state index contributed by atoms with van der Waals surface area (Å²) in [7, 11) is 1.66. The Balaban J connectivity index is 2.83. The molecule has 1 rings (SSSR count). The number of hydrogen-bond acceptors (Lipinski definition) is 3. The van der Waals surface area contributed by atoms with Gasteiger partial charge in [0.05, 0.1) is 11.3 Å². The van der Waals surface area contributed by atoms with Gasteiger partial charge in [0.25, 0.3) is 0 Å². The Hall–Kier alpha value is -2.24. The Morgan fingerprint density at radius 3 is 2.53 bits per heavy atom. The molecule has 6 heteroatoms. The summed E-state index contributed by atoms with van der Waals surface area (Å²) in [6.45, 7) is 3.88. The molecule has 1 unspecified atom stereocenters. The maximum Gasteiger partial charge on any atom is 0.335 e. The van der Waals surface area contributed by atoms with Crippen molar-refractivity contribution in [3.05, 3.63) is 23.8 Å².